The normalized spacial score (nSPS) is 19.9. The predicted molar refractivity (Wildman–Crippen MR) is 88.5 cm³/mol. The summed E-state index contributed by atoms with van der Waals surface area (Å²) in [6, 6.07) is 2.56. The van der Waals surface area contributed by atoms with E-state index in [4.69, 9.17) is 0 Å². The quantitative estimate of drug-likeness (QED) is 0.885. The molecule has 1 heterocycles. The van der Waals surface area contributed by atoms with E-state index in [1.54, 1.807) is 4.90 Å². The Morgan fingerprint density at radius 3 is 2.71 bits per heavy atom. The molecule has 2 N–H and O–H groups in total. The van der Waals surface area contributed by atoms with Gasteiger partial charge in [-0.15, -0.1) is 0 Å². The van der Waals surface area contributed by atoms with Crippen LogP contribution in [0.5, 0.6) is 0 Å². The van der Waals surface area contributed by atoms with Crippen molar-refractivity contribution >= 4 is 6.03 Å². The van der Waals surface area contributed by atoms with Gasteiger partial charge in [0.1, 0.15) is 11.6 Å². The number of halogens is 2. The van der Waals surface area contributed by atoms with Gasteiger partial charge in [-0.05, 0) is 30.2 Å². The Bertz CT molecular complexity index is 587. The van der Waals surface area contributed by atoms with Gasteiger partial charge in [-0.1, -0.05) is 26.8 Å². The maximum atomic E-state index is 14.2. The van der Waals surface area contributed by atoms with Gasteiger partial charge < -0.3 is 15.3 Å². The Morgan fingerprint density at radius 2 is 2.12 bits per heavy atom. The number of carbonyl (C=O) groups is 1. The van der Waals surface area contributed by atoms with E-state index in [1.165, 1.54) is 12.1 Å². The number of likely N-dealkylation sites (tertiary alicyclic amines) is 1. The molecule has 0 saturated carbocycles. The van der Waals surface area contributed by atoms with Gasteiger partial charge in [0.05, 0.1) is 6.04 Å². The number of urea groups is 1. The number of aliphatic hydroxyl groups excluding tert-OH is 1. The first-order valence-corrected chi connectivity index (χ1v) is 8.33. The van der Waals surface area contributed by atoms with Crippen LogP contribution >= 0.6 is 0 Å². The number of rotatable bonds is 3. The molecule has 0 radical (unpaired) electrons. The van der Waals surface area contributed by atoms with Gasteiger partial charge in [-0.25, -0.2) is 13.6 Å². The molecule has 2 rings (SSSR count). The molecule has 24 heavy (non-hydrogen) atoms. The second-order valence-electron chi connectivity index (χ2n) is 7.55. The van der Waals surface area contributed by atoms with Crippen LogP contribution in [0.15, 0.2) is 18.2 Å². The highest BCUT2D eigenvalue weighted by molar-refractivity contribution is 5.75. The predicted octanol–water partition coefficient (Wildman–Crippen LogP) is 3.47. The summed E-state index contributed by atoms with van der Waals surface area (Å²) in [7, 11) is 0. The largest absolute Gasteiger partial charge is 0.396 e. The van der Waals surface area contributed by atoms with Crippen molar-refractivity contribution in [2.24, 2.45) is 11.3 Å². The first kappa shape index (κ1) is 18.6. The lowest BCUT2D eigenvalue weighted by Gasteiger charge is -2.37. The van der Waals surface area contributed by atoms with Crippen LogP contribution in [0.4, 0.5) is 13.6 Å². The molecule has 2 amide bonds. The number of aliphatic hydroxyl groups is 1. The number of benzene rings is 1. The van der Waals surface area contributed by atoms with Crippen LogP contribution in [0.1, 0.15) is 45.2 Å². The number of nitrogens with zero attached hydrogens (tertiary/aromatic N) is 1. The van der Waals surface area contributed by atoms with Gasteiger partial charge in [0, 0.05) is 31.3 Å². The molecule has 0 spiro atoms. The Labute approximate surface area is 141 Å². The fraction of sp³-hybridized carbons (Fsp3) is 0.611. The average Bonchev–Trinajstić information content (AvgIpc) is 2.52. The van der Waals surface area contributed by atoms with E-state index in [-0.39, 0.29) is 24.1 Å². The van der Waals surface area contributed by atoms with Crippen molar-refractivity contribution in [3.8, 4) is 0 Å². The molecular formula is C18H26F2N2O2. The first-order chi connectivity index (χ1) is 11.2. The number of hydrogen-bond donors (Lipinski definition) is 2. The third-order valence-electron chi connectivity index (χ3n) is 4.47. The zero-order chi connectivity index (χ0) is 17.9. The smallest absolute Gasteiger partial charge is 0.317 e. The lowest BCUT2D eigenvalue weighted by Crippen LogP contribution is -2.49. The molecular weight excluding hydrogens is 314 g/mol. The summed E-state index contributed by atoms with van der Waals surface area (Å²) in [4.78, 5) is 14.3. The maximum Gasteiger partial charge on any atom is 0.317 e. The highest BCUT2D eigenvalue weighted by atomic mass is 19.1. The summed E-state index contributed by atoms with van der Waals surface area (Å²) in [6.45, 7) is 6.85. The average molecular weight is 340 g/mol. The van der Waals surface area contributed by atoms with Crippen LogP contribution in [0, 0.1) is 23.0 Å². The van der Waals surface area contributed by atoms with E-state index in [1.807, 2.05) is 20.8 Å². The van der Waals surface area contributed by atoms with E-state index in [0.29, 0.717) is 13.1 Å². The molecule has 0 bridgehead atoms. The van der Waals surface area contributed by atoms with Crippen molar-refractivity contribution in [3.63, 3.8) is 0 Å². The van der Waals surface area contributed by atoms with Crippen molar-refractivity contribution in [2.75, 3.05) is 19.7 Å². The fourth-order valence-electron chi connectivity index (χ4n) is 3.11. The van der Waals surface area contributed by atoms with Crippen LogP contribution < -0.4 is 5.32 Å². The van der Waals surface area contributed by atoms with Gasteiger partial charge in [0.15, 0.2) is 0 Å². The summed E-state index contributed by atoms with van der Waals surface area (Å²) >= 11 is 0. The molecule has 1 aromatic carbocycles. The number of amides is 2. The maximum absolute atomic E-state index is 14.2. The van der Waals surface area contributed by atoms with Crippen LogP contribution in [0.2, 0.25) is 0 Å². The minimum absolute atomic E-state index is 0.0546. The number of nitrogens with one attached hydrogen (secondary N) is 1. The molecule has 2 atom stereocenters. The van der Waals surface area contributed by atoms with Gasteiger partial charge >= 0.3 is 6.03 Å². The Balaban J connectivity index is 2.19. The summed E-state index contributed by atoms with van der Waals surface area (Å²) in [5, 5.41) is 12.2. The third-order valence-corrected chi connectivity index (χ3v) is 4.47. The standard InChI is InChI=1S/C18H26F2N2O2/c1-18(2,3)16(14-7-6-13(19)9-15(14)20)21-17(24)22-8-4-5-12(10-22)11-23/h6-7,9,12,16,23H,4-5,8,10-11H2,1-3H3,(H,21,24). The minimum atomic E-state index is -0.665. The monoisotopic (exact) mass is 340 g/mol. The Hall–Kier alpha value is -1.69. The molecule has 0 aromatic heterocycles. The molecule has 2 unspecified atom stereocenters. The Kier molecular flexibility index (Phi) is 5.80. The lowest BCUT2D eigenvalue weighted by molar-refractivity contribution is 0.123. The van der Waals surface area contributed by atoms with Gasteiger partial charge in [0.2, 0.25) is 0 Å². The summed E-state index contributed by atoms with van der Waals surface area (Å²) < 4.78 is 27.4. The van der Waals surface area contributed by atoms with E-state index >= 15 is 0 Å². The lowest BCUT2D eigenvalue weighted by atomic mass is 9.82. The van der Waals surface area contributed by atoms with Crippen molar-refractivity contribution in [2.45, 2.75) is 39.7 Å². The molecule has 134 valence electrons. The van der Waals surface area contributed by atoms with Gasteiger partial charge in [-0.3, -0.25) is 0 Å². The van der Waals surface area contributed by atoms with Crippen molar-refractivity contribution < 1.29 is 18.7 Å². The van der Waals surface area contributed by atoms with Crippen molar-refractivity contribution in [1.82, 2.24) is 10.2 Å². The zero-order valence-corrected chi connectivity index (χ0v) is 14.5. The van der Waals surface area contributed by atoms with Crippen LogP contribution in [0.25, 0.3) is 0 Å². The van der Waals surface area contributed by atoms with Crippen molar-refractivity contribution in [1.29, 1.82) is 0 Å². The SMILES string of the molecule is CC(C)(C)C(NC(=O)N1CCCC(CO)C1)c1ccc(F)cc1F. The number of piperidine rings is 1. The molecule has 0 aliphatic carbocycles. The molecule has 1 aliphatic rings. The second kappa shape index (κ2) is 7.47. The third kappa shape index (κ3) is 4.44. The molecule has 1 aliphatic heterocycles. The molecule has 1 saturated heterocycles. The first-order valence-electron chi connectivity index (χ1n) is 8.33. The van der Waals surface area contributed by atoms with Crippen LogP contribution in [-0.2, 0) is 0 Å². The topological polar surface area (TPSA) is 52.6 Å². The molecule has 1 aromatic rings. The Morgan fingerprint density at radius 1 is 1.42 bits per heavy atom. The summed E-state index contributed by atoms with van der Waals surface area (Å²) in [6.07, 6.45) is 1.74. The number of carbonyl (C=O) groups excluding carboxylic acids is 1. The highest BCUT2D eigenvalue weighted by Gasteiger charge is 2.32. The summed E-state index contributed by atoms with van der Waals surface area (Å²) in [5.74, 6) is -1.22. The van der Waals surface area contributed by atoms with E-state index in [2.05, 4.69) is 5.32 Å². The van der Waals surface area contributed by atoms with E-state index in [9.17, 15) is 18.7 Å². The summed E-state index contributed by atoms with van der Waals surface area (Å²) in [5.41, 5.74) is -0.173. The van der Waals surface area contributed by atoms with E-state index < -0.39 is 23.1 Å². The fourth-order valence-corrected chi connectivity index (χ4v) is 3.11. The van der Waals surface area contributed by atoms with Crippen molar-refractivity contribution in [3.05, 3.63) is 35.4 Å². The van der Waals surface area contributed by atoms with Crippen LogP contribution in [-0.4, -0.2) is 35.7 Å². The number of hydrogen-bond acceptors (Lipinski definition) is 2. The van der Waals surface area contributed by atoms with Crippen LogP contribution in [0.3, 0.4) is 0 Å². The minimum Gasteiger partial charge on any atom is -0.396 e. The molecule has 6 heteroatoms. The molecule has 1 fully saturated rings. The van der Waals surface area contributed by atoms with Gasteiger partial charge in [0.25, 0.3) is 0 Å². The molecule has 4 nitrogen and oxygen atoms in total. The van der Waals surface area contributed by atoms with Gasteiger partial charge in [-0.2, -0.15) is 0 Å². The highest BCUT2D eigenvalue weighted by Crippen LogP contribution is 2.34. The van der Waals surface area contributed by atoms with E-state index in [0.717, 1.165) is 18.9 Å². The zero-order valence-electron chi connectivity index (χ0n) is 14.5. The second-order valence-corrected chi connectivity index (χ2v) is 7.55.